The highest BCUT2D eigenvalue weighted by Crippen LogP contribution is 2.29. The third-order valence-electron chi connectivity index (χ3n) is 3.29. The lowest BCUT2D eigenvalue weighted by atomic mass is 9.80. The summed E-state index contributed by atoms with van der Waals surface area (Å²) >= 11 is 0. The molecule has 1 atom stereocenters. The molecule has 1 rings (SSSR count). The summed E-state index contributed by atoms with van der Waals surface area (Å²) < 4.78 is 0. The molecule has 0 radical (unpaired) electrons. The highest BCUT2D eigenvalue weighted by molar-refractivity contribution is 5.66. The number of hydrogen-bond acceptors (Lipinski definition) is 1. The molecule has 0 aliphatic heterocycles. The van der Waals surface area contributed by atoms with Crippen molar-refractivity contribution >= 4 is 5.97 Å². The van der Waals surface area contributed by atoms with E-state index in [0.29, 0.717) is 6.42 Å². The fourth-order valence-corrected chi connectivity index (χ4v) is 2.05. The van der Waals surface area contributed by atoms with E-state index < -0.39 is 5.97 Å². The molecule has 1 unspecified atom stereocenters. The van der Waals surface area contributed by atoms with Gasteiger partial charge in [-0.05, 0) is 37.0 Å². The van der Waals surface area contributed by atoms with E-state index in [-0.39, 0.29) is 11.3 Å². The van der Waals surface area contributed by atoms with Crippen molar-refractivity contribution in [3.05, 3.63) is 12.2 Å². The van der Waals surface area contributed by atoms with Gasteiger partial charge in [0.05, 0.1) is 0 Å². The molecule has 0 aromatic heterocycles. The standard InChI is InChI=1S/C10H20O2.C5H8/c1-5-10(3,4)7-8(2)6-9(11)12;1-2-4-5-3-1/h8H,5-7H2,1-4H3,(H,11,12);1-2H,3-5H2. The van der Waals surface area contributed by atoms with Crippen LogP contribution in [0.5, 0.6) is 0 Å². The third kappa shape index (κ3) is 10.1. The summed E-state index contributed by atoms with van der Waals surface area (Å²) in [7, 11) is 0. The Hall–Kier alpha value is -0.790. The van der Waals surface area contributed by atoms with Crippen LogP contribution in [0.25, 0.3) is 0 Å². The van der Waals surface area contributed by atoms with Crippen LogP contribution < -0.4 is 0 Å². The van der Waals surface area contributed by atoms with Gasteiger partial charge >= 0.3 is 5.97 Å². The average molecular weight is 240 g/mol. The molecule has 0 bridgehead atoms. The molecule has 1 aliphatic rings. The van der Waals surface area contributed by atoms with Gasteiger partial charge in [0.15, 0.2) is 0 Å². The van der Waals surface area contributed by atoms with Crippen LogP contribution in [0.1, 0.15) is 66.2 Å². The minimum atomic E-state index is -0.686. The second kappa shape index (κ2) is 8.32. The van der Waals surface area contributed by atoms with Crippen molar-refractivity contribution in [3.8, 4) is 0 Å². The van der Waals surface area contributed by atoms with Crippen molar-refractivity contribution < 1.29 is 9.90 Å². The topological polar surface area (TPSA) is 37.3 Å². The van der Waals surface area contributed by atoms with Gasteiger partial charge in [-0.3, -0.25) is 4.79 Å². The van der Waals surface area contributed by atoms with Gasteiger partial charge in [0.25, 0.3) is 0 Å². The van der Waals surface area contributed by atoms with E-state index in [2.05, 4.69) is 32.9 Å². The zero-order chi connectivity index (χ0) is 13.3. The summed E-state index contributed by atoms with van der Waals surface area (Å²) in [5, 5.41) is 8.55. The molecule has 0 fully saturated rings. The van der Waals surface area contributed by atoms with E-state index in [9.17, 15) is 4.79 Å². The Morgan fingerprint density at radius 2 is 1.88 bits per heavy atom. The second-order valence-electron chi connectivity index (χ2n) is 5.83. The summed E-state index contributed by atoms with van der Waals surface area (Å²) in [6.45, 7) is 8.52. The lowest BCUT2D eigenvalue weighted by Gasteiger charge is -2.25. The van der Waals surface area contributed by atoms with Crippen LogP contribution in [-0.4, -0.2) is 11.1 Å². The van der Waals surface area contributed by atoms with E-state index in [1.807, 2.05) is 6.92 Å². The highest BCUT2D eigenvalue weighted by Gasteiger charge is 2.20. The summed E-state index contributed by atoms with van der Waals surface area (Å²) in [6, 6.07) is 0. The molecule has 0 aromatic rings. The third-order valence-corrected chi connectivity index (χ3v) is 3.29. The van der Waals surface area contributed by atoms with Crippen LogP contribution in [0.2, 0.25) is 0 Å². The maximum Gasteiger partial charge on any atom is 0.303 e. The number of carboxylic acid groups (broad SMARTS) is 1. The van der Waals surface area contributed by atoms with E-state index in [1.165, 1.54) is 19.3 Å². The molecular formula is C15H28O2. The lowest BCUT2D eigenvalue weighted by Crippen LogP contribution is -2.16. The van der Waals surface area contributed by atoms with Crippen LogP contribution in [0.15, 0.2) is 12.2 Å². The first kappa shape index (κ1) is 16.2. The van der Waals surface area contributed by atoms with Crippen LogP contribution in [-0.2, 0) is 4.79 Å². The smallest absolute Gasteiger partial charge is 0.303 e. The van der Waals surface area contributed by atoms with Crippen LogP contribution >= 0.6 is 0 Å². The van der Waals surface area contributed by atoms with Crippen LogP contribution in [0.3, 0.4) is 0 Å². The number of rotatable bonds is 5. The monoisotopic (exact) mass is 240 g/mol. The van der Waals surface area contributed by atoms with Crippen molar-refractivity contribution in [2.45, 2.75) is 66.2 Å². The van der Waals surface area contributed by atoms with Crippen LogP contribution in [0, 0.1) is 11.3 Å². The van der Waals surface area contributed by atoms with Gasteiger partial charge in [0, 0.05) is 6.42 Å². The Labute approximate surface area is 106 Å². The molecule has 2 heteroatoms. The van der Waals surface area contributed by atoms with E-state index in [1.54, 1.807) is 0 Å². The lowest BCUT2D eigenvalue weighted by molar-refractivity contribution is -0.138. The van der Waals surface area contributed by atoms with Crippen molar-refractivity contribution in [2.75, 3.05) is 0 Å². The Morgan fingerprint density at radius 3 is 2.18 bits per heavy atom. The highest BCUT2D eigenvalue weighted by atomic mass is 16.4. The minimum absolute atomic E-state index is 0.287. The first-order valence-electron chi connectivity index (χ1n) is 6.74. The maximum atomic E-state index is 10.4. The van der Waals surface area contributed by atoms with Gasteiger partial charge in [-0.15, -0.1) is 0 Å². The zero-order valence-corrected chi connectivity index (χ0v) is 11.8. The number of carbonyl (C=O) groups is 1. The summed E-state index contributed by atoms with van der Waals surface area (Å²) in [4.78, 5) is 10.4. The Balaban J connectivity index is 0.000000419. The fourth-order valence-electron chi connectivity index (χ4n) is 2.05. The van der Waals surface area contributed by atoms with Gasteiger partial charge < -0.3 is 5.11 Å². The molecule has 0 saturated heterocycles. The molecule has 0 spiro atoms. The number of aliphatic carboxylic acids is 1. The molecule has 0 amide bonds. The number of allylic oxidation sites excluding steroid dienone is 2. The second-order valence-corrected chi connectivity index (χ2v) is 5.83. The van der Waals surface area contributed by atoms with Crippen molar-refractivity contribution in [3.63, 3.8) is 0 Å². The summed E-state index contributed by atoms with van der Waals surface area (Å²) in [5.41, 5.74) is 0.287. The van der Waals surface area contributed by atoms with Crippen molar-refractivity contribution in [2.24, 2.45) is 11.3 Å². The molecular weight excluding hydrogens is 212 g/mol. The van der Waals surface area contributed by atoms with Gasteiger partial charge in [-0.25, -0.2) is 0 Å². The molecule has 0 heterocycles. The molecule has 0 aromatic carbocycles. The molecule has 100 valence electrons. The Kier molecular flexibility index (Phi) is 7.94. The van der Waals surface area contributed by atoms with Crippen molar-refractivity contribution in [1.82, 2.24) is 0 Å². The van der Waals surface area contributed by atoms with E-state index >= 15 is 0 Å². The van der Waals surface area contributed by atoms with Gasteiger partial charge in [-0.1, -0.05) is 46.3 Å². The number of carboxylic acids is 1. The van der Waals surface area contributed by atoms with Crippen molar-refractivity contribution in [1.29, 1.82) is 0 Å². The van der Waals surface area contributed by atoms with Gasteiger partial charge in [0.1, 0.15) is 0 Å². The Bertz CT molecular complexity index is 235. The maximum absolute atomic E-state index is 10.4. The first-order chi connectivity index (χ1) is 7.87. The quantitative estimate of drug-likeness (QED) is 0.710. The van der Waals surface area contributed by atoms with Crippen LogP contribution in [0.4, 0.5) is 0 Å². The largest absolute Gasteiger partial charge is 0.481 e. The molecule has 17 heavy (non-hydrogen) atoms. The normalized spacial score (nSPS) is 16.2. The van der Waals surface area contributed by atoms with Gasteiger partial charge in [-0.2, -0.15) is 0 Å². The summed E-state index contributed by atoms with van der Waals surface area (Å²) in [6.07, 6.45) is 10.9. The first-order valence-corrected chi connectivity index (χ1v) is 6.74. The SMILES string of the molecule is C1=CCCC1.CCC(C)(C)CC(C)CC(=O)O. The fraction of sp³-hybridized carbons (Fsp3) is 0.800. The molecule has 0 saturated carbocycles. The Morgan fingerprint density at radius 1 is 1.35 bits per heavy atom. The molecule has 1 N–H and O–H groups in total. The summed E-state index contributed by atoms with van der Waals surface area (Å²) in [5.74, 6) is -0.396. The van der Waals surface area contributed by atoms with E-state index in [4.69, 9.17) is 5.11 Å². The average Bonchev–Trinajstić information content (AvgIpc) is 2.73. The minimum Gasteiger partial charge on any atom is -0.481 e. The van der Waals surface area contributed by atoms with Gasteiger partial charge in [0.2, 0.25) is 0 Å². The molecule has 1 aliphatic carbocycles. The molecule has 2 nitrogen and oxygen atoms in total. The van der Waals surface area contributed by atoms with E-state index in [0.717, 1.165) is 12.8 Å². The zero-order valence-electron chi connectivity index (χ0n) is 11.8. The predicted molar refractivity (Wildman–Crippen MR) is 73.1 cm³/mol. The predicted octanol–water partition coefficient (Wildman–Crippen LogP) is 4.65. The number of hydrogen-bond donors (Lipinski definition) is 1.